The van der Waals surface area contributed by atoms with E-state index in [9.17, 15) is 14.7 Å². The summed E-state index contributed by atoms with van der Waals surface area (Å²) in [5, 5.41) is 11.7. The third-order valence-electron chi connectivity index (χ3n) is 7.83. The first-order chi connectivity index (χ1) is 15.2. The normalized spacial score (nSPS) is 30.0. The summed E-state index contributed by atoms with van der Waals surface area (Å²) < 4.78 is 4.91. The van der Waals surface area contributed by atoms with Crippen LogP contribution in [-0.4, -0.2) is 70.7 Å². The number of nitrogens with zero attached hydrogens (tertiary/aromatic N) is 2. The molecule has 182 valence electrons. The summed E-state index contributed by atoms with van der Waals surface area (Å²) in [6.07, 6.45) is 9.47. The number of likely N-dealkylation sites (tertiary alicyclic amines) is 1. The van der Waals surface area contributed by atoms with Crippen molar-refractivity contribution in [2.45, 2.75) is 95.9 Å². The molecule has 0 aromatic carbocycles. The van der Waals surface area contributed by atoms with Crippen molar-refractivity contribution in [3.63, 3.8) is 0 Å². The van der Waals surface area contributed by atoms with Crippen LogP contribution in [0.5, 0.6) is 0 Å². The molecule has 32 heavy (non-hydrogen) atoms. The van der Waals surface area contributed by atoms with Gasteiger partial charge in [0.05, 0.1) is 25.0 Å². The molecular weight excluding hydrogens is 404 g/mol. The number of amides is 1. The largest absolute Gasteiger partial charge is 0.469 e. The van der Waals surface area contributed by atoms with Gasteiger partial charge in [0.15, 0.2) is 0 Å². The topological polar surface area (TPSA) is 70.1 Å². The number of piperidine rings is 1. The van der Waals surface area contributed by atoms with Crippen molar-refractivity contribution < 1.29 is 19.4 Å². The van der Waals surface area contributed by atoms with E-state index in [0.717, 1.165) is 45.2 Å². The Labute approximate surface area is 194 Å². The number of hydrogen-bond donors (Lipinski definition) is 1. The number of ether oxygens (including phenoxy) is 1. The van der Waals surface area contributed by atoms with Crippen LogP contribution in [0.2, 0.25) is 0 Å². The fourth-order valence-corrected chi connectivity index (χ4v) is 5.68. The second kappa shape index (κ2) is 12.0. The second-order valence-electron chi connectivity index (χ2n) is 9.70. The van der Waals surface area contributed by atoms with Gasteiger partial charge in [-0.25, -0.2) is 0 Å². The minimum Gasteiger partial charge on any atom is -0.469 e. The molecule has 6 heteroatoms. The van der Waals surface area contributed by atoms with E-state index in [4.69, 9.17) is 4.74 Å². The Balaban J connectivity index is 2.26. The molecule has 1 saturated carbocycles. The van der Waals surface area contributed by atoms with Gasteiger partial charge in [0.1, 0.15) is 0 Å². The Hall–Kier alpha value is -1.66. The van der Waals surface area contributed by atoms with E-state index >= 15 is 0 Å². The lowest BCUT2D eigenvalue weighted by atomic mass is 9.65. The molecule has 1 aliphatic carbocycles. The zero-order valence-electron chi connectivity index (χ0n) is 20.6. The molecule has 0 bridgehead atoms. The molecule has 2 rings (SSSR count). The minimum absolute atomic E-state index is 0.0142. The summed E-state index contributed by atoms with van der Waals surface area (Å²) in [6.45, 7) is 15.9. The first-order valence-electron chi connectivity index (χ1n) is 12.3. The maximum Gasteiger partial charge on any atom is 0.307 e. The molecule has 1 saturated heterocycles. The molecular formula is C26H44N2O4. The molecule has 6 nitrogen and oxygen atoms in total. The maximum absolute atomic E-state index is 13.4. The molecule has 0 aromatic rings. The monoisotopic (exact) mass is 448 g/mol. The van der Waals surface area contributed by atoms with Gasteiger partial charge in [-0.05, 0) is 64.5 Å². The van der Waals surface area contributed by atoms with Crippen molar-refractivity contribution in [3.05, 3.63) is 25.3 Å². The van der Waals surface area contributed by atoms with Gasteiger partial charge in [0.2, 0.25) is 5.91 Å². The van der Waals surface area contributed by atoms with E-state index in [0.29, 0.717) is 12.8 Å². The summed E-state index contributed by atoms with van der Waals surface area (Å²) in [5.74, 6) is -0.535. The molecule has 0 radical (unpaired) electrons. The van der Waals surface area contributed by atoms with Crippen molar-refractivity contribution in [1.82, 2.24) is 9.80 Å². The lowest BCUT2D eigenvalue weighted by Gasteiger charge is -2.55. The van der Waals surface area contributed by atoms with Crippen LogP contribution in [-0.2, 0) is 14.3 Å². The SMILES string of the molecule is C=CCC(CC(=O)OC)N(C(=O)C(C)C=C)C1CCC2(O)C(CCN(CCCC)[C@@H]2C)C1. The lowest BCUT2D eigenvalue weighted by Crippen LogP contribution is -2.64. The number of rotatable bonds is 11. The van der Waals surface area contributed by atoms with Gasteiger partial charge in [-0.3, -0.25) is 14.5 Å². The molecule has 1 N–H and O–H groups in total. The zero-order valence-corrected chi connectivity index (χ0v) is 20.6. The predicted octanol–water partition coefficient (Wildman–Crippen LogP) is 3.94. The van der Waals surface area contributed by atoms with Crippen LogP contribution >= 0.6 is 0 Å². The Bertz CT molecular complexity index is 666. The third-order valence-corrected chi connectivity index (χ3v) is 7.83. The summed E-state index contributed by atoms with van der Waals surface area (Å²) in [7, 11) is 1.38. The smallest absolute Gasteiger partial charge is 0.307 e. The molecule has 6 atom stereocenters. The summed E-state index contributed by atoms with van der Waals surface area (Å²) in [4.78, 5) is 29.9. The Morgan fingerprint density at radius 2 is 2.06 bits per heavy atom. The Kier molecular flexibility index (Phi) is 9.96. The third kappa shape index (κ3) is 5.82. The molecule has 1 aliphatic heterocycles. The van der Waals surface area contributed by atoms with Crippen LogP contribution in [0, 0.1) is 11.8 Å². The zero-order chi connectivity index (χ0) is 23.9. The molecule has 2 aliphatic rings. The van der Waals surface area contributed by atoms with Gasteiger partial charge < -0.3 is 14.7 Å². The molecule has 5 unspecified atom stereocenters. The van der Waals surface area contributed by atoms with Crippen molar-refractivity contribution in [3.8, 4) is 0 Å². The van der Waals surface area contributed by atoms with Crippen LogP contribution in [0.25, 0.3) is 0 Å². The minimum atomic E-state index is -0.725. The highest BCUT2D eigenvalue weighted by molar-refractivity contribution is 5.81. The van der Waals surface area contributed by atoms with Gasteiger partial charge in [-0.1, -0.05) is 32.4 Å². The number of methoxy groups -OCH3 is 1. The van der Waals surface area contributed by atoms with Crippen LogP contribution < -0.4 is 0 Å². The number of hydrogen-bond acceptors (Lipinski definition) is 5. The van der Waals surface area contributed by atoms with Gasteiger partial charge in [0.25, 0.3) is 0 Å². The van der Waals surface area contributed by atoms with E-state index in [-0.39, 0.29) is 48.3 Å². The maximum atomic E-state index is 13.4. The quantitative estimate of drug-likeness (QED) is 0.383. The highest BCUT2D eigenvalue weighted by Gasteiger charge is 2.51. The average Bonchev–Trinajstić information content (AvgIpc) is 2.79. The van der Waals surface area contributed by atoms with E-state index < -0.39 is 5.60 Å². The molecule has 1 amide bonds. The van der Waals surface area contributed by atoms with Gasteiger partial charge in [-0.2, -0.15) is 0 Å². The molecule has 1 heterocycles. The van der Waals surface area contributed by atoms with Crippen molar-refractivity contribution in [2.75, 3.05) is 20.2 Å². The first-order valence-corrected chi connectivity index (χ1v) is 12.3. The summed E-state index contributed by atoms with van der Waals surface area (Å²) in [5.41, 5.74) is -0.725. The van der Waals surface area contributed by atoms with E-state index in [1.165, 1.54) is 7.11 Å². The Morgan fingerprint density at radius 3 is 2.66 bits per heavy atom. The van der Waals surface area contributed by atoms with E-state index in [2.05, 4.69) is 31.9 Å². The predicted molar refractivity (Wildman–Crippen MR) is 128 cm³/mol. The number of aliphatic hydroxyl groups is 1. The Morgan fingerprint density at radius 1 is 1.34 bits per heavy atom. The fraction of sp³-hybridized carbons (Fsp3) is 0.769. The molecule has 2 fully saturated rings. The fourth-order valence-electron chi connectivity index (χ4n) is 5.68. The summed E-state index contributed by atoms with van der Waals surface area (Å²) in [6, 6.07) is -0.198. The van der Waals surface area contributed by atoms with E-state index in [1.807, 2.05) is 11.8 Å². The number of esters is 1. The van der Waals surface area contributed by atoms with Gasteiger partial charge in [-0.15, -0.1) is 13.2 Å². The van der Waals surface area contributed by atoms with Gasteiger partial charge in [0, 0.05) is 18.1 Å². The van der Waals surface area contributed by atoms with E-state index in [1.54, 1.807) is 12.2 Å². The molecule has 0 aromatic heterocycles. The van der Waals surface area contributed by atoms with Crippen LogP contribution in [0.15, 0.2) is 25.3 Å². The van der Waals surface area contributed by atoms with Crippen molar-refractivity contribution >= 4 is 11.9 Å². The standard InChI is InChI=1S/C26H44N2O4/c1-7-10-15-27-16-13-21-17-23(12-14-26(21,31)20(27)5)28(25(30)19(4)9-3)22(11-8-2)18-24(29)32-6/h8-9,19-23,31H,2-3,7,10-18H2,1,4-6H3/t19?,20-,21?,22?,23?,26?/m1/s1. The average molecular weight is 449 g/mol. The summed E-state index contributed by atoms with van der Waals surface area (Å²) >= 11 is 0. The van der Waals surface area contributed by atoms with Crippen LogP contribution in [0.3, 0.4) is 0 Å². The second-order valence-corrected chi connectivity index (χ2v) is 9.70. The molecule has 0 spiro atoms. The number of unbranched alkanes of at least 4 members (excludes halogenated alkanes) is 1. The number of fused-ring (bicyclic) bond motifs is 1. The van der Waals surface area contributed by atoms with Crippen LogP contribution in [0.4, 0.5) is 0 Å². The number of carbonyl (C=O) groups excluding carboxylic acids is 2. The first kappa shape index (κ1) is 26.6. The highest BCUT2D eigenvalue weighted by Crippen LogP contribution is 2.45. The lowest BCUT2D eigenvalue weighted by molar-refractivity contribution is -0.161. The number of carbonyl (C=O) groups is 2. The van der Waals surface area contributed by atoms with Gasteiger partial charge >= 0.3 is 5.97 Å². The van der Waals surface area contributed by atoms with Crippen molar-refractivity contribution in [1.29, 1.82) is 0 Å². The van der Waals surface area contributed by atoms with Crippen molar-refractivity contribution in [2.24, 2.45) is 11.8 Å². The highest BCUT2D eigenvalue weighted by atomic mass is 16.5. The van der Waals surface area contributed by atoms with Crippen LogP contribution in [0.1, 0.15) is 72.1 Å².